The van der Waals surface area contributed by atoms with E-state index in [4.69, 9.17) is 21.9 Å². The Labute approximate surface area is 80.0 Å². The summed E-state index contributed by atoms with van der Waals surface area (Å²) in [5, 5.41) is 1.65. The van der Waals surface area contributed by atoms with E-state index in [1.54, 1.807) is 6.07 Å². The van der Waals surface area contributed by atoms with Crippen molar-refractivity contribution >= 4 is 22.6 Å². The standard InChI is InChI=1S/C9H8ClNO2/c10-7-2-1-6-3-8(5-12-11)13-9(6)4-7/h1-4H,5,11H2. The van der Waals surface area contributed by atoms with Crippen molar-refractivity contribution in [2.75, 3.05) is 0 Å². The van der Waals surface area contributed by atoms with Crippen molar-refractivity contribution in [3.05, 3.63) is 35.0 Å². The molecule has 2 rings (SSSR count). The molecule has 3 nitrogen and oxygen atoms in total. The molecule has 0 amide bonds. The minimum absolute atomic E-state index is 0.270. The van der Waals surface area contributed by atoms with Gasteiger partial charge in [0, 0.05) is 16.5 Å². The molecule has 0 saturated carbocycles. The van der Waals surface area contributed by atoms with Crippen molar-refractivity contribution in [1.82, 2.24) is 0 Å². The summed E-state index contributed by atoms with van der Waals surface area (Å²) < 4.78 is 5.40. The van der Waals surface area contributed by atoms with Gasteiger partial charge in [0.15, 0.2) is 0 Å². The predicted molar refractivity (Wildman–Crippen MR) is 50.2 cm³/mol. The number of halogens is 1. The Kier molecular flexibility index (Phi) is 2.22. The zero-order valence-electron chi connectivity index (χ0n) is 6.79. The summed E-state index contributed by atoms with van der Waals surface area (Å²) in [7, 11) is 0. The molecule has 0 bridgehead atoms. The van der Waals surface area contributed by atoms with Gasteiger partial charge in [-0.05, 0) is 18.2 Å². The van der Waals surface area contributed by atoms with Gasteiger partial charge in [0.25, 0.3) is 0 Å². The number of nitrogens with two attached hydrogens (primary N) is 1. The zero-order chi connectivity index (χ0) is 9.26. The van der Waals surface area contributed by atoms with Gasteiger partial charge in [0.2, 0.25) is 0 Å². The second kappa shape index (κ2) is 3.38. The third kappa shape index (κ3) is 1.67. The van der Waals surface area contributed by atoms with Crippen LogP contribution >= 0.6 is 11.6 Å². The predicted octanol–water partition coefficient (Wildman–Crippen LogP) is 2.48. The molecule has 0 aliphatic carbocycles. The van der Waals surface area contributed by atoms with E-state index in [0.29, 0.717) is 10.8 Å². The number of benzene rings is 1. The highest BCUT2D eigenvalue weighted by Gasteiger charge is 2.03. The summed E-state index contributed by atoms with van der Waals surface area (Å²) >= 11 is 5.79. The van der Waals surface area contributed by atoms with Gasteiger partial charge < -0.3 is 4.42 Å². The summed E-state index contributed by atoms with van der Waals surface area (Å²) in [4.78, 5) is 4.46. The summed E-state index contributed by atoms with van der Waals surface area (Å²) in [6.45, 7) is 0.270. The SMILES string of the molecule is NOCc1cc2ccc(Cl)cc2o1. The smallest absolute Gasteiger partial charge is 0.135 e. The van der Waals surface area contributed by atoms with E-state index in [-0.39, 0.29) is 6.61 Å². The lowest BCUT2D eigenvalue weighted by atomic mass is 10.2. The van der Waals surface area contributed by atoms with Crippen LogP contribution in [0.4, 0.5) is 0 Å². The van der Waals surface area contributed by atoms with Crippen LogP contribution in [0.25, 0.3) is 11.0 Å². The fourth-order valence-electron chi connectivity index (χ4n) is 1.21. The molecule has 0 unspecified atom stereocenters. The molecule has 0 atom stereocenters. The molecule has 0 aliphatic rings. The van der Waals surface area contributed by atoms with E-state index in [0.717, 1.165) is 11.0 Å². The van der Waals surface area contributed by atoms with E-state index in [1.165, 1.54) is 0 Å². The van der Waals surface area contributed by atoms with Crippen molar-refractivity contribution in [1.29, 1.82) is 0 Å². The molecule has 2 N–H and O–H groups in total. The largest absolute Gasteiger partial charge is 0.458 e. The highest BCUT2D eigenvalue weighted by Crippen LogP contribution is 2.23. The van der Waals surface area contributed by atoms with Crippen LogP contribution in [-0.4, -0.2) is 0 Å². The van der Waals surface area contributed by atoms with Gasteiger partial charge in [-0.1, -0.05) is 11.6 Å². The molecule has 1 aromatic carbocycles. The summed E-state index contributed by atoms with van der Waals surface area (Å²) in [5.74, 6) is 5.62. The van der Waals surface area contributed by atoms with Gasteiger partial charge in [-0.2, -0.15) is 0 Å². The van der Waals surface area contributed by atoms with Gasteiger partial charge in [-0.15, -0.1) is 0 Å². The third-order valence-electron chi connectivity index (χ3n) is 1.76. The average Bonchev–Trinajstić information content (AvgIpc) is 2.46. The number of furan rings is 1. The van der Waals surface area contributed by atoms with Crippen LogP contribution in [-0.2, 0) is 11.4 Å². The number of hydrogen-bond donors (Lipinski definition) is 1. The van der Waals surface area contributed by atoms with Crippen molar-refractivity contribution in [2.45, 2.75) is 6.61 Å². The minimum atomic E-state index is 0.270. The van der Waals surface area contributed by atoms with E-state index < -0.39 is 0 Å². The molecule has 0 radical (unpaired) electrons. The van der Waals surface area contributed by atoms with Gasteiger partial charge in [-0.25, -0.2) is 5.90 Å². The van der Waals surface area contributed by atoms with E-state index in [1.807, 2.05) is 18.2 Å². The van der Waals surface area contributed by atoms with Crippen molar-refractivity contribution in [3.63, 3.8) is 0 Å². The Morgan fingerprint density at radius 3 is 3.00 bits per heavy atom. The highest BCUT2D eigenvalue weighted by molar-refractivity contribution is 6.31. The van der Waals surface area contributed by atoms with Crippen LogP contribution in [0.1, 0.15) is 5.76 Å². The highest BCUT2D eigenvalue weighted by atomic mass is 35.5. The van der Waals surface area contributed by atoms with Gasteiger partial charge in [0.1, 0.15) is 18.0 Å². The van der Waals surface area contributed by atoms with Gasteiger partial charge in [-0.3, -0.25) is 4.84 Å². The fraction of sp³-hybridized carbons (Fsp3) is 0.111. The first-order chi connectivity index (χ1) is 6.29. The van der Waals surface area contributed by atoms with Crippen LogP contribution in [0.2, 0.25) is 5.02 Å². The quantitative estimate of drug-likeness (QED) is 0.753. The zero-order valence-corrected chi connectivity index (χ0v) is 7.54. The number of fused-ring (bicyclic) bond motifs is 1. The van der Waals surface area contributed by atoms with Crippen LogP contribution < -0.4 is 5.90 Å². The maximum Gasteiger partial charge on any atom is 0.135 e. The monoisotopic (exact) mass is 197 g/mol. The Balaban J connectivity index is 2.49. The lowest BCUT2D eigenvalue weighted by molar-refractivity contribution is 0.110. The first kappa shape index (κ1) is 8.56. The Hall–Kier alpha value is -1.03. The van der Waals surface area contributed by atoms with Gasteiger partial charge in [0.05, 0.1) is 0 Å². The van der Waals surface area contributed by atoms with E-state index in [9.17, 15) is 0 Å². The maximum absolute atomic E-state index is 5.79. The molecule has 13 heavy (non-hydrogen) atoms. The second-order valence-electron chi connectivity index (χ2n) is 2.71. The molecule has 0 fully saturated rings. The molecule has 0 saturated heterocycles. The molecule has 68 valence electrons. The van der Waals surface area contributed by atoms with E-state index >= 15 is 0 Å². The Bertz CT molecular complexity index is 424. The Morgan fingerprint density at radius 2 is 2.23 bits per heavy atom. The average molecular weight is 198 g/mol. The first-order valence-corrected chi connectivity index (χ1v) is 4.17. The Morgan fingerprint density at radius 1 is 1.38 bits per heavy atom. The summed E-state index contributed by atoms with van der Waals surface area (Å²) in [5.41, 5.74) is 0.750. The fourth-order valence-corrected chi connectivity index (χ4v) is 1.38. The summed E-state index contributed by atoms with van der Waals surface area (Å²) in [6.07, 6.45) is 0. The molecular formula is C9H8ClNO2. The molecule has 0 spiro atoms. The normalized spacial score (nSPS) is 10.9. The number of hydrogen-bond acceptors (Lipinski definition) is 3. The van der Waals surface area contributed by atoms with Crippen LogP contribution in [0.5, 0.6) is 0 Å². The third-order valence-corrected chi connectivity index (χ3v) is 1.99. The molecule has 4 heteroatoms. The summed E-state index contributed by atoms with van der Waals surface area (Å²) in [6, 6.07) is 7.34. The molecule has 0 aliphatic heterocycles. The number of rotatable bonds is 2. The van der Waals surface area contributed by atoms with Crippen molar-refractivity contribution in [3.8, 4) is 0 Å². The minimum Gasteiger partial charge on any atom is -0.458 e. The lowest BCUT2D eigenvalue weighted by Crippen LogP contribution is -1.96. The van der Waals surface area contributed by atoms with E-state index in [2.05, 4.69) is 4.84 Å². The van der Waals surface area contributed by atoms with Crippen LogP contribution in [0.3, 0.4) is 0 Å². The molecule has 1 heterocycles. The lowest BCUT2D eigenvalue weighted by Gasteiger charge is -1.90. The van der Waals surface area contributed by atoms with Crippen LogP contribution in [0.15, 0.2) is 28.7 Å². The maximum atomic E-state index is 5.79. The van der Waals surface area contributed by atoms with Gasteiger partial charge >= 0.3 is 0 Å². The van der Waals surface area contributed by atoms with Crippen LogP contribution in [0, 0.1) is 0 Å². The van der Waals surface area contributed by atoms with Crippen molar-refractivity contribution < 1.29 is 9.25 Å². The van der Waals surface area contributed by atoms with Crippen molar-refractivity contribution in [2.24, 2.45) is 5.90 Å². The molecule has 1 aromatic heterocycles. The second-order valence-corrected chi connectivity index (χ2v) is 3.14. The molecular weight excluding hydrogens is 190 g/mol. The molecule has 2 aromatic rings. The first-order valence-electron chi connectivity index (χ1n) is 3.79. The topological polar surface area (TPSA) is 48.4 Å².